The molecule has 2 unspecified atom stereocenters. The molecule has 2 N–H and O–H groups in total. The van der Waals surface area contributed by atoms with E-state index in [-0.39, 0.29) is 17.2 Å². The molecule has 2 rings (SSSR count). The van der Waals surface area contributed by atoms with Crippen LogP contribution in [0.15, 0.2) is 24.3 Å². The second-order valence-corrected chi connectivity index (χ2v) is 7.27. The maximum atomic E-state index is 12.9. The molecule has 2 atom stereocenters. The number of urea groups is 1. The Balaban J connectivity index is 2.24. The number of nitrogens with zero attached hydrogens (tertiary/aromatic N) is 3. The van der Waals surface area contributed by atoms with Crippen LogP contribution >= 0.6 is 0 Å². The first-order chi connectivity index (χ1) is 12.9. The molecule has 0 radical (unpaired) electrons. The molecule has 0 bridgehead atoms. The van der Waals surface area contributed by atoms with E-state index in [1.807, 2.05) is 6.07 Å². The van der Waals surface area contributed by atoms with Crippen LogP contribution in [0.2, 0.25) is 0 Å². The zero-order valence-corrected chi connectivity index (χ0v) is 16.0. The van der Waals surface area contributed by atoms with Gasteiger partial charge in [0.2, 0.25) is 5.91 Å². The Bertz CT molecular complexity index is 893. The number of carbonyl (C=O) groups is 3. The van der Waals surface area contributed by atoms with Crippen molar-refractivity contribution in [3.63, 3.8) is 0 Å². The minimum Gasteiger partial charge on any atom is -0.336 e. The number of non-ortho nitro benzene ring substituents is 1. The quantitative estimate of drug-likeness (QED) is 0.429. The molecule has 148 valence electrons. The summed E-state index contributed by atoms with van der Waals surface area (Å²) in [4.78, 5) is 48.6. The number of imide groups is 1. The number of hydrogen-bond acceptors (Lipinski definition) is 6. The van der Waals surface area contributed by atoms with Crippen molar-refractivity contribution in [2.24, 2.45) is 5.92 Å². The summed E-state index contributed by atoms with van der Waals surface area (Å²) in [6.45, 7) is 5.92. The number of hydrogen-bond donors (Lipinski definition) is 2. The second-order valence-electron chi connectivity index (χ2n) is 7.27. The minimum atomic E-state index is -1.54. The van der Waals surface area contributed by atoms with Crippen molar-refractivity contribution in [1.29, 1.82) is 5.26 Å². The van der Waals surface area contributed by atoms with E-state index in [1.54, 1.807) is 20.8 Å². The molecular formula is C18H21N5O5. The molecule has 1 fully saturated rings. The summed E-state index contributed by atoms with van der Waals surface area (Å²) in [7, 11) is 0. The summed E-state index contributed by atoms with van der Waals surface area (Å²) in [6, 6.07) is 6.59. The van der Waals surface area contributed by atoms with Crippen molar-refractivity contribution in [1.82, 2.24) is 15.5 Å². The molecule has 1 aromatic carbocycles. The number of nitriles is 1. The first-order valence-electron chi connectivity index (χ1n) is 8.56. The highest BCUT2D eigenvalue weighted by Gasteiger charge is 2.50. The lowest BCUT2D eigenvalue weighted by molar-refractivity contribution is -0.385. The van der Waals surface area contributed by atoms with Crippen LogP contribution in [0.1, 0.15) is 33.3 Å². The lowest BCUT2D eigenvalue weighted by Gasteiger charge is -2.28. The van der Waals surface area contributed by atoms with Gasteiger partial charge >= 0.3 is 6.03 Å². The minimum absolute atomic E-state index is 0.195. The van der Waals surface area contributed by atoms with Crippen molar-refractivity contribution in [3.8, 4) is 6.07 Å². The SMILES string of the molecule is CC(C)C(C)(C#N)NC(=O)CN1C(=O)NC(C)(c2cccc([N+](=O)[O-])c2)C1=O. The third-order valence-corrected chi connectivity index (χ3v) is 5.00. The largest absolute Gasteiger partial charge is 0.336 e. The lowest BCUT2D eigenvalue weighted by atomic mass is 9.90. The highest BCUT2D eigenvalue weighted by Crippen LogP contribution is 2.30. The van der Waals surface area contributed by atoms with E-state index in [0.29, 0.717) is 0 Å². The summed E-state index contributed by atoms with van der Waals surface area (Å²) in [6.07, 6.45) is 0. The fourth-order valence-electron chi connectivity index (χ4n) is 2.74. The van der Waals surface area contributed by atoms with Crippen LogP contribution in [0.3, 0.4) is 0 Å². The van der Waals surface area contributed by atoms with Gasteiger partial charge in [0.25, 0.3) is 11.6 Å². The number of carbonyl (C=O) groups excluding carboxylic acids is 3. The van der Waals surface area contributed by atoms with E-state index >= 15 is 0 Å². The molecule has 0 spiro atoms. The molecule has 1 aromatic rings. The van der Waals surface area contributed by atoms with Crippen LogP contribution in [0.4, 0.5) is 10.5 Å². The van der Waals surface area contributed by atoms with Crippen molar-refractivity contribution < 1.29 is 19.3 Å². The van der Waals surface area contributed by atoms with Crippen molar-refractivity contribution in [3.05, 3.63) is 39.9 Å². The van der Waals surface area contributed by atoms with Crippen molar-refractivity contribution >= 4 is 23.5 Å². The van der Waals surface area contributed by atoms with E-state index in [0.717, 1.165) is 4.90 Å². The number of amides is 4. The highest BCUT2D eigenvalue weighted by atomic mass is 16.6. The Labute approximate surface area is 161 Å². The monoisotopic (exact) mass is 387 g/mol. The number of nitrogens with one attached hydrogen (secondary N) is 2. The molecule has 1 aliphatic heterocycles. The molecule has 10 heteroatoms. The molecule has 1 aliphatic rings. The zero-order chi connectivity index (χ0) is 21.3. The van der Waals surface area contributed by atoms with Crippen LogP contribution in [0, 0.1) is 27.4 Å². The fourth-order valence-corrected chi connectivity index (χ4v) is 2.74. The number of rotatable bonds is 6. The van der Waals surface area contributed by atoms with E-state index in [1.165, 1.54) is 31.2 Å². The van der Waals surface area contributed by atoms with Gasteiger partial charge < -0.3 is 10.6 Å². The van der Waals surface area contributed by atoms with Crippen LogP contribution in [0.25, 0.3) is 0 Å². The summed E-state index contributed by atoms with van der Waals surface area (Å²) < 4.78 is 0. The molecule has 28 heavy (non-hydrogen) atoms. The van der Waals surface area contributed by atoms with Gasteiger partial charge in [-0.1, -0.05) is 26.0 Å². The predicted molar refractivity (Wildman–Crippen MR) is 97.7 cm³/mol. The molecule has 0 saturated carbocycles. The Morgan fingerprint density at radius 3 is 2.64 bits per heavy atom. The van der Waals surface area contributed by atoms with Gasteiger partial charge in [0.15, 0.2) is 0 Å². The maximum Gasteiger partial charge on any atom is 0.325 e. The molecule has 0 aliphatic carbocycles. The highest BCUT2D eigenvalue weighted by molar-refractivity contribution is 6.09. The van der Waals surface area contributed by atoms with Gasteiger partial charge in [-0.2, -0.15) is 5.26 Å². The van der Waals surface area contributed by atoms with Gasteiger partial charge in [0.05, 0.1) is 11.0 Å². The average molecular weight is 387 g/mol. The molecular weight excluding hydrogens is 366 g/mol. The van der Waals surface area contributed by atoms with Crippen molar-refractivity contribution in [2.75, 3.05) is 6.54 Å². The van der Waals surface area contributed by atoms with Gasteiger partial charge in [-0.25, -0.2) is 4.79 Å². The Morgan fingerprint density at radius 2 is 2.11 bits per heavy atom. The summed E-state index contributed by atoms with van der Waals surface area (Å²) in [5, 5.41) is 25.3. The Hall–Kier alpha value is -3.48. The van der Waals surface area contributed by atoms with Crippen molar-refractivity contribution in [2.45, 2.75) is 38.8 Å². The Kier molecular flexibility index (Phi) is 5.40. The summed E-state index contributed by atoms with van der Waals surface area (Å²) >= 11 is 0. The van der Waals surface area contributed by atoms with Crippen LogP contribution in [-0.4, -0.2) is 39.8 Å². The lowest BCUT2D eigenvalue weighted by Crippen LogP contribution is -2.52. The fraction of sp³-hybridized carbons (Fsp3) is 0.444. The first-order valence-corrected chi connectivity index (χ1v) is 8.56. The van der Waals surface area contributed by atoms with E-state index in [2.05, 4.69) is 10.6 Å². The van der Waals surface area contributed by atoms with Gasteiger partial charge in [-0.05, 0) is 25.3 Å². The first kappa shape index (κ1) is 20.8. The predicted octanol–water partition coefficient (Wildman–Crippen LogP) is 1.42. The third kappa shape index (κ3) is 3.64. The maximum absolute atomic E-state index is 12.9. The summed E-state index contributed by atoms with van der Waals surface area (Å²) in [5.74, 6) is -1.57. The molecule has 1 heterocycles. The van der Waals surface area contributed by atoms with Gasteiger partial charge in [0, 0.05) is 12.1 Å². The molecule has 10 nitrogen and oxygen atoms in total. The van der Waals surface area contributed by atoms with Gasteiger partial charge in [0.1, 0.15) is 17.6 Å². The number of nitro groups is 1. The van der Waals surface area contributed by atoms with E-state index in [9.17, 15) is 29.8 Å². The van der Waals surface area contributed by atoms with Crippen LogP contribution < -0.4 is 10.6 Å². The second kappa shape index (κ2) is 7.26. The number of nitro benzene ring substituents is 1. The summed E-state index contributed by atoms with van der Waals surface area (Å²) in [5.41, 5.74) is -2.69. The normalized spacial score (nSPS) is 21.1. The van der Waals surface area contributed by atoms with E-state index in [4.69, 9.17) is 0 Å². The van der Waals surface area contributed by atoms with Gasteiger partial charge in [-0.3, -0.25) is 24.6 Å². The molecule has 0 aromatic heterocycles. The van der Waals surface area contributed by atoms with Crippen LogP contribution in [-0.2, 0) is 15.1 Å². The van der Waals surface area contributed by atoms with Crippen LogP contribution in [0.5, 0.6) is 0 Å². The number of benzene rings is 1. The third-order valence-electron chi connectivity index (χ3n) is 5.00. The zero-order valence-electron chi connectivity index (χ0n) is 16.0. The average Bonchev–Trinajstić information content (AvgIpc) is 2.85. The standard InChI is InChI=1S/C18H21N5O5/c1-11(2)17(3,10-19)20-14(24)9-22-15(25)18(4,21-16(22)26)12-6-5-7-13(8-12)23(27)28/h5-8,11H,9H2,1-4H3,(H,20,24)(H,21,26). The van der Waals surface area contributed by atoms with Gasteiger partial charge in [-0.15, -0.1) is 0 Å². The van der Waals surface area contributed by atoms with E-state index < -0.39 is 40.4 Å². The topological polar surface area (TPSA) is 145 Å². The smallest absolute Gasteiger partial charge is 0.325 e. The Morgan fingerprint density at radius 1 is 1.46 bits per heavy atom. The molecule has 4 amide bonds. The molecule has 1 saturated heterocycles.